The van der Waals surface area contributed by atoms with Gasteiger partial charge in [-0.15, -0.1) is 47.9 Å². The molecule has 0 radical (unpaired) electrons. The number of rotatable bonds is 2. The molecule has 6 rings (SSSR count). The Hall–Kier alpha value is -2.32. The molecule has 0 spiro atoms. The van der Waals surface area contributed by atoms with Crippen molar-refractivity contribution in [2.75, 3.05) is 0 Å². The van der Waals surface area contributed by atoms with E-state index in [-0.39, 0.29) is 46.5 Å². The monoisotopic (exact) mass is 872 g/mol. The van der Waals surface area contributed by atoms with E-state index in [0.29, 0.717) is 0 Å². The van der Waals surface area contributed by atoms with Crippen LogP contribution in [0, 0.1) is 12.1 Å². The molecule has 4 aromatic carbocycles. The minimum absolute atomic E-state index is 0. The average Bonchev–Trinajstić information content (AvgIpc) is 3.71. The van der Waals surface area contributed by atoms with Crippen molar-refractivity contribution in [3.63, 3.8) is 0 Å². The Morgan fingerprint density at radius 1 is 0.580 bits per heavy atom. The zero-order valence-electron chi connectivity index (χ0n) is 32.5. The van der Waals surface area contributed by atoms with Crippen molar-refractivity contribution >= 4 is 28.1 Å². The van der Waals surface area contributed by atoms with Gasteiger partial charge in [-0.1, -0.05) is 106 Å². The third-order valence-corrected chi connectivity index (χ3v) is 11.0. The van der Waals surface area contributed by atoms with Gasteiger partial charge < -0.3 is 0 Å². The topological polar surface area (TPSA) is 0 Å². The van der Waals surface area contributed by atoms with E-state index in [1.54, 1.807) is 0 Å². The Bertz CT molecular complexity index is 1650. The molecule has 0 nitrogen and oxygen atoms in total. The Labute approximate surface area is 332 Å². The third-order valence-electron chi connectivity index (χ3n) is 8.94. The second kappa shape index (κ2) is 17.5. The second-order valence-corrected chi connectivity index (χ2v) is 19.1. The van der Waals surface area contributed by atoms with E-state index in [1.165, 1.54) is 58.9 Å². The van der Waals surface area contributed by atoms with E-state index in [2.05, 4.69) is 180 Å². The fourth-order valence-corrected chi connectivity index (χ4v) is 7.54. The summed E-state index contributed by atoms with van der Waals surface area (Å²) < 4.78 is 1.46. The molecule has 0 amide bonds. The van der Waals surface area contributed by atoms with Gasteiger partial charge in [0, 0.05) is 0 Å². The SMILES string of the molecule is CC(C)(C)c1[c-]c2c(cc1C(C)(C)C)-c1cc(C(C)(C)C)c(C(C)(C)C)cc1C2.Cl.Cl.[C-]1=CC=CC1.[Hf+2]=[C](c1ccccc1)c1ccccc1. The molecule has 4 aromatic rings. The van der Waals surface area contributed by atoms with Gasteiger partial charge in [-0.3, -0.25) is 6.08 Å². The van der Waals surface area contributed by atoms with Crippen LogP contribution in [0.15, 0.2) is 97.1 Å². The molecular weight excluding hydrogens is 814 g/mol. The quantitative estimate of drug-likeness (QED) is 0.122. The van der Waals surface area contributed by atoms with Crippen LogP contribution in [0.1, 0.15) is 134 Å². The molecule has 264 valence electrons. The van der Waals surface area contributed by atoms with Crippen molar-refractivity contribution in [3.05, 3.63) is 154 Å². The maximum atomic E-state index is 3.90. The summed E-state index contributed by atoms with van der Waals surface area (Å²) in [5.74, 6) is 0. The summed E-state index contributed by atoms with van der Waals surface area (Å²) in [5, 5.41) is 0. The fraction of sp³-hybridized carbons (Fsp3) is 0.383. The first kappa shape index (κ1) is 43.8. The first-order valence-electron chi connectivity index (χ1n) is 17.5. The third kappa shape index (κ3) is 11.1. The molecule has 50 heavy (non-hydrogen) atoms. The van der Waals surface area contributed by atoms with Gasteiger partial charge in [0.05, 0.1) is 0 Å². The van der Waals surface area contributed by atoms with Crippen LogP contribution >= 0.6 is 24.8 Å². The number of hydrogen-bond acceptors (Lipinski definition) is 0. The van der Waals surface area contributed by atoms with Gasteiger partial charge in [0.1, 0.15) is 0 Å². The Morgan fingerprint density at radius 2 is 1.04 bits per heavy atom. The van der Waals surface area contributed by atoms with Crippen LogP contribution in [-0.4, -0.2) is 3.26 Å². The van der Waals surface area contributed by atoms with Crippen LogP contribution in [-0.2, 0) is 52.0 Å². The zero-order chi connectivity index (χ0) is 35.5. The molecule has 3 heteroatoms. The van der Waals surface area contributed by atoms with E-state index >= 15 is 0 Å². The van der Waals surface area contributed by atoms with Crippen LogP contribution in [0.2, 0.25) is 0 Å². The second-order valence-electron chi connectivity index (χ2n) is 17.3. The summed E-state index contributed by atoms with van der Waals surface area (Å²) in [5.41, 5.74) is 14.7. The van der Waals surface area contributed by atoms with Gasteiger partial charge in [-0.2, -0.15) is 23.8 Å². The number of fused-ring (bicyclic) bond motifs is 3. The molecule has 0 aromatic heterocycles. The van der Waals surface area contributed by atoms with Gasteiger partial charge >= 0.3 is 98.9 Å². The molecule has 0 bridgehead atoms. The summed E-state index contributed by atoms with van der Waals surface area (Å²) >= 11 is 1.08. The summed E-state index contributed by atoms with van der Waals surface area (Å²) in [6.45, 7) is 28.0. The van der Waals surface area contributed by atoms with Crippen molar-refractivity contribution in [3.8, 4) is 11.1 Å². The zero-order valence-corrected chi connectivity index (χ0v) is 37.7. The van der Waals surface area contributed by atoms with Crippen molar-refractivity contribution < 1.29 is 23.9 Å². The minimum atomic E-state index is 0. The predicted octanol–water partition coefficient (Wildman–Crippen LogP) is 13.2. The first-order chi connectivity index (χ1) is 22.3. The fourth-order valence-electron chi connectivity index (χ4n) is 6.34. The van der Waals surface area contributed by atoms with E-state index < -0.39 is 0 Å². The number of benzene rings is 4. The molecule has 0 N–H and O–H groups in total. The van der Waals surface area contributed by atoms with Crippen LogP contribution in [0.4, 0.5) is 0 Å². The van der Waals surface area contributed by atoms with Gasteiger partial charge in [-0.25, -0.2) is 12.2 Å². The van der Waals surface area contributed by atoms with E-state index in [0.717, 1.165) is 36.7 Å². The Kier molecular flexibility index (Phi) is 15.3. The molecule has 0 heterocycles. The van der Waals surface area contributed by atoms with Gasteiger partial charge in [0.2, 0.25) is 0 Å². The van der Waals surface area contributed by atoms with Crippen LogP contribution in [0.25, 0.3) is 11.1 Å². The molecular formula is C47H58Cl2Hf. The Morgan fingerprint density at radius 3 is 1.42 bits per heavy atom. The van der Waals surface area contributed by atoms with Gasteiger partial charge in [0.15, 0.2) is 0 Å². The van der Waals surface area contributed by atoms with E-state index in [4.69, 9.17) is 0 Å². The summed E-state index contributed by atoms with van der Waals surface area (Å²) in [4.78, 5) is 0. The Balaban J connectivity index is 0.000000341. The molecule has 0 fully saturated rings. The molecule has 0 atom stereocenters. The molecule has 0 saturated heterocycles. The van der Waals surface area contributed by atoms with Crippen molar-refractivity contribution in [1.29, 1.82) is 0 Å². The number of allylic oxidation sites excluding steroid dienone is 4. The molecule has 2 aliphatic rings. The van der Waals surface area contributed by atoms with Gasteiger partial charge in [-0.05, 0) is 39.4 Å². The standard InChI is InChI=1S/C29H41.C13H10.C5H5.2ClH.Hf/c1-26(2,3)22-14-18-13-19-15-23(27(4,5)6)25(29(10,11)12)17-21(19)20(18)16-24(22)28(7,8)9;1-3-7-12(8-4-1)11-13-9-5-2-6-10-13;1-2-4-5-3-1;;;/h14,16-17H,13H2,1-12H3;1-10H;1-3H,4H2;2*1H;/q-1;;-1;;;+2. The van der Waals surface area contributed by atoms with Crippen LogP contribution in [0.3, 0.4) is 0 Å². The van der Waals surface area contributed by atoms with Gasteiger partial charge in [0.25, 0.3) is 0 Å². The summed E-state index contributed by atoms with van der Waals surface area (Å²) in [6.07, 6.45) is 11.0. The van der Waals surface area contributed by atoms with Crippen molar-refractivity contribution in [2.45, 2.75) is 118 Å². The predicted molar refractivity (Wildman–Crippen MR) is 220 cm³/mol. The van der Waals surface area contributed by atoms with Crippen LogP contribution in [0.5, 0.6) is 0 Å². The van der Waals surface area contributed by atoms with Crippen molar-refractivity contribution in [2.24, 2.45) is 0 Å². The average molecular weight is 872 g/mol. The maximum absolute atomic E-state index is 3.90. The van der Waals surface area contributed by atoms with Crippen LogP contribution < -0.4 is 0 Å². The summed E-state index contributed by atoms with van der Waals surface area (Å²) in [7, 11) is 0. The molecule has 0 unspecified atom stereocenters. The number of hydrogen-bond donors (Lipinski definition) is 0. The number of halogens is 2. The molecule has 2 aliphatic carbocycles. The van der Waals surface area contributed by atoms with E-state index in [9.17, 15) is 0 Å². The summed E-state index contributed by atoms with van der Waals surface area (Å²) in [6, 6.07) is 32.6. The molecule has 0 saturated carbocycles. The molecule has 0 aliphatic heterocycles. The normalized spacial score (nSPS) is 13.1. The van der Waals surface area contributed by atoms with E-state index in [1.807, 2.05) is 12.2 Å². The first-order valence-corrected chi connectivity index (χ1v) is 19.3. The van der Waals surface area contributed by atoms with Crippen molar-refractivity contribution in [1.82, 2.24) is 0 Å².